The largest absolute Gasteiger partial charge is 0.490 e. The van der Waals surface area contributed by atoms with E-state index in [9.17, 15) is 4.79 Å². The van der Waals surface area contributed by atoms with E-state index >= 15 is 0 Å². The van der Waals surface area contributed by atoms with E-state index in [2.05, 4.69) is 10.3 Å². The summed E-state index contributed by atoms with van der Waals surface area (Å²) in [6.45, 7) is 3.07. The molecule has 0 fully saturated rings. The zero-order valence-corrected chi connectivity index (χ0v) is 17.0. The van der Waals surface area contributed by atoms with Crippen molar-refractivity contribution in [1.82, 2.24) is 14.7 Å². The zero-order valence-electron chi connectivity index (χ0n) is 17.0. The van der Waals surface area contributed by atoms with Crippen LogP contribution in [0.1, 0.15) is 29.7 Å². The van der Waals surface area contributed by atoms with E-state index in [4.69, 9.17) is 4.74 Å². The number of pyridine rings is 1. The van der Waals surface area contributed by atoms with Gasteiger partial charge in [-0.3, -0.25) is 4.79 Å². The van der Waals surface area contributed by atoms with Crippen molar-refractivity contribution >= 4 is 11.6 Å². The lowest BCUT2D eigenvalue weighted by molar-refractivity contribution is -0.121. The van der Waals surface area contributed by atoms with Crippen molar-refractivity contribution in [2.45, 2.75) is 19.3 Å². The van der Waals surface area contributed by atoms with Crippen molar-refractivity contribution < 1.29 is 9.53 Å². The molecule has 2 aromatic heterocycles. The van der Waals surface area contributed by atoms with E-state index in [1.54, 1.807) is 0 Å². The quantitative estimate of drug-likeness (QED) is 0.483. The molecule has 0 aliphatic rings. The number of hydrogen-bond donors (Lipinski definition) is 1. The number of amides is 1. The highest BCUT2D eigenvalue weighted by Gasteiger charge is 2.22. The number of ether oxygens (including phenoxy) is 1. The standard InChI is InChI=1S/C25H25N3O2/c1-2-30-22-14-9-17-28-18-21(27-24(22)28)15-16-26-25(29)23(19-10-5-3-6-11-19)20-12-7-4-8-13-20/h3-14,17-18,23H,2,15-16H2,1H3,(H,26,29). The predicted molar refractivity (Wildman–Crippen MR) is 118 cm³/mol. The molecule has 0 bridgehead atoms. The fraction of sp³-hybridized carbons (Fsp3) is 0.200. The number of benzene rings is 2. The summed E-state index contributed by atoms with van der Waals surface area (Å²) in [5, 5.41) is 3.09. The van der Waals surface area contributed by atoms with Crippen LogP contribution in [-0.2, 0) is 11.2 Å². The Balaban J connectivity index is 1.46. The average Bonchev–Trinajstić information content (AvgIpc) is 3.20. The summed E-state index contributed by atoms with van der Waals surface area (Å²) >= 11 is 0. The molecule has 0 saturated heterocycles. The molecule has 2 heterocycles. The van der Waals surface area contributed by atoms with Crippen LogP contribution < -0.4 is 10.1 Å². The molecule has 152 valence electrons. The smallest absolute Gasteiger partial charge is 0.232 e. The first kappa shape index (κ1) is 19.7. The minimum absolute atomic E-state index is 0.00818. The van der Waals surface area contributed by atoms with Gasteiger partial charge in [0.1, 0.15) is 0 Å². The molecule has 4 aromatic rings. The summed E-state index contributed by atoms with van der Waals surface area (Å²) in [5.74, 6) is 0.424. The van der Waals surface area contributed by atoms with Crippen molar-refractivity contribution in [3.05, 3.63) is 102 Å². The number of carbonyl (C=O) groups is 1. The van der Waals surface area contributed by atoms with Gasteiger partial charge in [-0.25, -0.2) is 4.98 Å². The Morgan fingerprint density at radius 1 is 1.00 bits per heavy atom. The lowest BCUT2D eigenvalue weighted by Crippen LogP contribution is -2.31. The lowest BCUT2D eigenvalue weighted by atomic mass is 9.90. The molecule has 0 spiro atoms. The summed E-state index contributed by atoms with van der Waals surface area (Å²) in [5.41, 5.74) is 3.68. The van der Waals surface area contributed by atoms with Gasteiger partial charge in [0.15, 0.2) is 11.4 Å². The van der Waals surface area contributed by atoms with Gasteiger partial charge < -0.3 is 14.5 Å². The monoisotopic (exact) mass is 399 g/mol. The fourth-order valence-electron chi connectivity index (χ4n) is 3.63. The van der Waals surface area contributed by atoms with Crippen LogP contribution in [0.4, 0.5) is 0 Å². The van der Waals surface area contributed by atoms with Gasteiger partial charge in [0.25, 0.3) is 0 Å². The lowest BCUT2D eigenvalue weighted by Gasteiger charge is -2.17. The van der Waals surface area contributed by atoms with Crippen LogP contribution in [0.3, 0.4) is 0 Å². The third-order valence-electron chi connectivity index (χ3n) is 5.01. The topological polar surface area (TPSA) is 55.6 Å². The Morgan fingerprint density at radius 3 is 2.30 bits per heavy atom. The molecular weight excluding hydrogens is 374 g/mol. The van der Waals surface area contributed by atoms with Crippen LogP contribution in [0.5, 0.6) is 5.75 Å². The molecule has 1 amide bonds. The highest BCUT2D eigenvalue weighted by molar-refractivity contribution is 5.87. The number of nitrogens with zero attached hydrogens (tertiary/aromatic N) is 2. The maximum atomic E-state index is 13.1. The third-order valence-corrected chi connectivity index (χ3v) is 5.01. The highest BCUT2D eigenvalue weighted by Crippen LogP contribution is 2.25. The molecule has 5 heteroatoms. The predicted octanol–water partition coefficient (Wildman–Crippen LogP) is 4.22. The number of aromatic nitrogens is 2. The van der Waals surface area contributed by atoms with E-state index in [0.29, 0.717) is 19.6 Å². The summed E-state index contributed by atoms with van der Waals surface area (Å²) in [6, 6.07) is 23.6. The van der Waals surface area contributed by atoms with Gasteiger partial charge in [-0.05, 0) is 30.2 Å². The minimum atomic E-state index is -0.335. The van der Waals surface area contributed by atoms with Gasteiger partial charge in [-0.2, -0.15) is 0 Å². The maximum Gasteiger partial charge on any atom is 0.232 e. The van der Waals surface area contributed by atoms with Crippen molar-refractivity contribution in [2.24, 2.45) is 0 Å². The highest BCUT2D eigenvalue weighted by atomic mass is 16.5. The molecule has 0 atom stereocenters. The SMILES string of the molecule is CCOc1cccn2cc(CCNC(=O)C(c3ccccc3)c3ccccc3)nc12. The molecule has 4 rings (SSSR count). The Kier molecular flexibility index (Phi) is 6.09. The number of carbonyl (C=O) groups excluding carboxylic acids is 1. The van der Waals surface area contributed by atoms with E-state index in [0.717, 1.165) is 28.2 Å². The Labute approximate surface area is 176 Å². The van der Waals surface area contributed by atoms with Crippen LogP contribution in [0.2, 0.25) is 0 Å². The molecule has 5 nitrogen and oxygen atoms in total. The second-order valence-corrected chi connectivity index (χ2v) is 7.06. The van der Waals surface area contributed by atoms with E-state index in [1.807, 2.05) is 96.5 Å². The van der Waals surface area contributed by atoms with E-state index in [-0.39, 0.29) is 11.8 Å². The van der Waals surface area contributed by atoms with Gasteiger partial charge in [0.2, 0.25) is 5.91 Å². The first-order valence-corrected chi connectivity index (χ1v) is 10.2. The average molecular weight is 399 g/mol. The first-order chi connectivity index (χ1) is 14.8. The maximum absolute atomic E-state index is 13.1. The van der Waals surface area contributed by atoms with Crippen LogP contribution in [-0.4, -0.2) is 28.4 Å². The summed E-state index contributed by atoms with van der Waals surface area (Å²) in [6.07, 6.45) is 4.58. The molecule has 0 aliphatic carbocycles. The third kappa shape index (κ3) is 4.35. The molecule has 30 heavy (non-hydrogen) atoms. The van der Waals surface area contributed by atoms with Gasteiger partial charge in [-0.1, -0.05) is 60.7 Å². The van der Waals surface area contributed by atoms with Crippen molar-refractivity contribution in [2.75, 3.05) is 13.2 Å². The summed E-state index contributed by atoms with van der Waals surface area (Å²) in [4.78, 5) is 17.8. The van der Waals surface area contributed by atoms with Crippen LogP contribution >= 0.6 is 0 Å². The Morgan fingerprint density at radius 2 is 1.67 bits per heavy atom. The molecule has 0 saturated carbocycles. The molecule has 0 aliphatic heterocycles. The van der Waals surface area contributed by atoms with Crippen LogP contribution in [0.25, 0.3) is 5.65 Å². The number of fused-ring (bicyclic) bond motifs is 1. The van der Waals surface area contributed by atoms with Crippen molar-refractivity contribution in [1.29, 1.82) is 0 Å². The second kappa shape index (κ2) is 9.27. The normalized spacial score (nSPS) is 11.0. The molecule has 0 radical (unpaired) electrons. The van der Waals surface area contributed by atoms with Crippen LogP contribution in [0.15, 0.2) is 85.2 Å². The fourth-order valence-corrected chi connectivity index (χ4v) is 3.63. The zero-order chi connectivity index (χ0) is 20.8. The van der Waals surface area contributed by atoms with Gasteiger partial charge >= 0.3 is 0 Å². The Bertz CT molecular complexity index is 1070. The minimum Gasteiger partial charge on any atom is -0.490 e. The number of rotatable bonds is 8. The summed E-state index contributed by atoms with van der Waals surface area (Å²) < 4.78 is 7.61. The first-order valence-electron chi connectivity index (χ1n) is 10.2. The molecular formula is C25H25N3O2. The van der Waals surface area contributed by atoms with Crippen molar-refractivity contribution in [3.8, 4) is 5.75 Å². The Hall–Kier alpha value is -3.60. The summed E-state index contributed by atoms with van der Waals surface area (Å²) in [7, 11) is 0. The van der Waals surface area contributed by atoms with Crippen molar-refractivity contribution in [3.63, 3.8) is 0 Å². The number of imidazole rings is 1. The van der Waals surface area contributed by atoms with E-state index in [1.165, 1.54) is 0 Å². The van der Waals surface area contributed by atoms with Crippen LogP contribution in [0, 0.1) is 0 Å². The van der Waals surface area contributed by atoms with E-state index < -0.39 is 0 Å². The molecule has 2 aromatic carbocycles. The number of nitrogens with one attached hydrogen (secondary N) is 1. The number of hydrogen-bond acceptors (Lipinski definition) is 3. The van der Waals surface area contributed by atoms with Gasteiger partial charge in [0, 0.05) is 25.4 Å². The van der Waals surface area contributed by atoms with Gasteiger partial charge in [0.05, 0.1) is 18.2 Å². The second-order valence-electron chi connectivity index (χ2n) is 7.06. The molecule has 0 unspecified atom stereocenters. The van der Waals surface area contributed by atoms with Gasteiger partial charge in [-0.15, -0.1) is 0 Å². The molecule has 1 N–H and O–H groups in total.